The van der Waals surface area contributed by atoms with Crippen LogP contribution in [-0.2, 0) is 12.0 Å². The summed E-state index contributed by atoms with van der Waals surface area (Å²) < 4.78 is 2.85. The molecule has 0 unspecified atom stereocenters. The van der Waals surface area contributed by atoms with Crippen LogP contribution in [0.25, 0.3) is 0 Å². The molecule has 6 heteroatoms. The van der Waals surface area contributed by atoms with Crippen LogP contribution in [0, 0.1) is 0 Å². The normalized spacial score (nSPS) is 12.0. The monoisotopic (exact) mass is 300 g/mol. The fraction of sp³-hybridized carbons (Fsp3) is 0.500. The Morgan fingerprint density at radius 2 is 2.12 bits per heavy atom. The molecule has 0 aliphatic carbocycles. The molecule has 86 valence electrons. The summed E-state index contributed by atoms with van der Waals surface area (Å²) in [7, 11) is 0. The number of hydrogen-bond donors (Lipinski definition) is 0. The number of imidazole rings is 1. The molecule has 0 aliphatic rings. The summed E-state index contributed by atoms with van der Waals surface area (Å²) in [5.74, 6) is 0. The molecule has 2 aromatic rings. The van der Waals surface area contributed by atoms with Crippen molar-refractivity contribution in [2.24, 2.45) is 0 Å². The molecule has 0 bridgehead atoms. The van der Waals surface area contributed by atoms with E-state index in [4.69, 9.17) is 0 Å². The highest BCUT2D eigenvalue weighted by molar-refractivity contribution is 9.11. The van der Waals surface area contributed by atoms with Crippen LogP contribution in [0.15, 0.2) is 16.4 Å². The van der Waals surface area contributed by atoms with E-state index in [0.29, 0.717) is 0 Å². The van der Waals surface area contributed by atoms with Crippen molar-refractivity contribution in [1.82, 2.24) is 19.7 Å². The number of nitrogens with zero attached hydrogens (tertiary/aromatic N) is 4. The standard InChI is InChI=1S/C10H13BrN4S/c1-10(2,3)7-4-15(6-12-7)5-8-13-14-9(11)16-8/h4,6H,5H2,1-3H3. The van der Waals surface area contributed by atoms with Gasteiger partial charge in [0, 0.05) is 11.6 Å². The third-order valence-electron chi connectivity index (χ3n) is 2.16. The van der Waals surface area contributed by atoms with Gasteiger partial charge in [0.15, 0.2) is 3.92 Å². The van der Waals surface area contributed by atoms with Crippen molar-refractivity contribution in [3.8, 4) is 0 Å². The van der Waals surface area contributed by atoms with E-state index in [1.807, 2.05) is 10.9 Å². The van der Waals surface area contributed by atoms with Crippen LogP contribution in [0.5, 0.6) is 0 Å². The third kappa shape index (κ3) is 2.68. The van der Waals surface area contributed by atoms with Crippen molar-refractivity contribution in [3.63, 3.8) is 0 Å². The van der Waals surface area contributed by atoms with Gasteiger partial charge in [0.05, 0.1) is 18.6 Å². The predicted octanol–water partition coefficient (Wildman–Crippen LogP) is 2.84. The van der Waals surface area contributed by atoms with Gasteiger partial charge in [0.25, 0.3) is 0 Å². The van der Waals surface area contributed by atoms with Crippen LogP contribution in [0.4, 0.5) is 0 Å². The summed E-state index contributed by atoms with van der Waals surface area (Å²) >= 11 is 4.85. The van der Waals surface area contributed by atoms with E-state index in [1.165, 1.54) is 0 Å². The lowest BCUT2D eigenvalue weighted by atomic mass is 9.93. The topological polar surface area (TPSA) is 43.6 Å². The minimum absolute atomic E-state index is 0.0902. The first-order valence-electron chi connectivity index (χ1n) is 4.95. The Balaban J connectivity index is 2.14. The second kappa shape index (κ2) is 4.25. The van der Waals surface area contributed by atoms with Gasteiger partial charge in [-0.3, -0.25) is 0 Å². The molecule has 4 nitrogen and oxygen atoms in total. The molecule has 2 rings (SSSR count). The fourth-order valence-corrected chi connectivity index (χ4v) is 2.50. The summed E-state index contributed by atoms with van der Waals surface area (Å²) in [4.78, 5) is 4.40. The van der Waals surface area contributed by atoms with Gasteiger partial charge in [-0.1, -0.05) is 32.1 Å². The van der Waals surface area contributed by atoms with Gasteiger partial charge in [0.1, 0.15) is 5.01 Å². The van der Waals surface area contributed by atoms with Gasteiger partial charge >= 0.3 is 0 Å². The largest absolute Gasteiger partial charge is 0.330 e. The number of rotatable bonds is 2. The van der Waals surface area contributed by atoms with Crippen molar-refractivity contribution in [3.05, 3.63) is 27.1 Å². The molecule has 0 N–H and O–H groups in total. The SMILES string of the molecule is CC(C)(C)c1cn(Cc2nnc(Br)s2)cn1. The van der Waals surface area contributed by atoms with Crippen molar-refractivity contribution in [1.29, 1.82) is 0 Å². The summed E-state index contributed by atoms with van der Waals surface area (Å²) in [5, 5.41) is 8.95. The summed E-state index contributed by atoms with van der Waals surface area (Å²) in [6, 6.07) is 0. The van der Waals surface area contributed by atoms with E-state index in [0.717, 1.165) is 21.2 Å². The first-order chi connectivity index (χ1) is 7.45. The molecule has 0 aliphatic heterocycles. The minimum atomic E-state index is 0.0902. The molecule has 0 radical (unpaired) electrons. The third-order valence-corrected chi connectivity index (χ3v) is 3.50. The van der Waals surface area contributed by atoms with Crippen LogP contribution in [0.3, 0.4) is 0 Å². The molecule has 0 spiro atoms. The molecule has 0 saturated carbocycles. The Hall–Kier alpha value is -0.750. The lowest BCUT2D eigenvalue weighted by molar-refractivity contribution is 0.571. The summed E-state index contributed by atoms with van der Waals surface area (Å²) in [5.41, 5.74) is 1.18. The Labute approximate surface area is 107 Å². The smallest absolute Gasteiger partial charge is 0.183 e. The maximum absolute atomic E-state index is 4.40. The Morgan fingerprint density at radius 3 is 2.62 bits per heavy atom. The highest BCUT2D eigenvalue weighted by atomic mass is 79.9. The van der Waals surface area contributed by atoms with Gasteiger partial charge in [-0.25, -0.2) is 4.98 Å². The molecule has 0 saturated heterocycles. The molecule has 2 heterocycles. The molecular formula is C10H13BrN4S. The average Bonchev–Trinajstić information content (AvgIpc) is 2.74. The summed E-state index contributed by atoms with van der Waals surface area (Å²) in [6.07, 6.45) is 3.91. The van der Waals surface area contributed by atoms with Crippen molar-refractivity contribution in [2.45, 2.75) is 32.7 Å². The second-order valence-electron chi connectivity index (χ2n) is 4.63. The fourth-order valence-electron chi connectivity index (χ4n) is 1.29. The number of hydrogen-bond acceptors (Lipinski definition) is 4. The van der Waals surface area contributed by atoms with E-state index >= 15 is 0 Å². The Kier molecular flexibility index (Phi) is 3.12. The van der Waals surface area contributed by atoms with E-state index in [1.54, 1.807) is 11.3 Å². The highest BCUT2D eigenvalue weighted by Crippen LogP contribution is 2.21. The van der Waals surface area contributed by atoms with Crippen molar-refractivity contribution < 1.29 is 0 Å². The Bertz CT molecular complexity index is 483. The zero-order valence-electron chi connectivity index (χ0n) is 9.44. The van der Waals surface area contributed by atoms with E-state index in [2.05, 4.69) is 58.1 Å². The molecule has 0 fully saturated rings. The second-order valence-corrected chi connectivity index (χ2v) is 6.97. The lowest BCUT2D eigenvalue weighted by Crippen LogP contribution is -2.11. The highest BCUT2D eigenvalue weighted by Gasteiger charge is 2.16. The first-order valence-corrected chi connectivity index (χ1v) is 6.56. The van der Waals surface area contributed by atoms with E-state index in [9.17, 15) is 0 Å². The zero-order valence-corrected chi connectivity index (χ0v) is 11.8. The van der Waals surface area contributed by atoms with Crippen LogP contribution in [0.1, 0.15) is 31.5 Å². The first kappa shape index (κ1) is 11.7. The van der Waals surface area contributed by atoms with Gasteiger partial charge in [0.2, 0.25) is 0 Å². The van der Waals surface area contributed by atoms with Crippen molar-refractivity contribution >= 4 is 27.3 Å². The quantitative estimate of drug-likeness (QED) is 0.856. The van der Waals surface area contributed by atoms with Gasteiger partial charge < -0.3 is 4.57 Å². The average molecular weight is 301 g/mol. The van der Waals surface area contributed by atoms with E-state index < -0.39 is 0 Å². The number of halogens is 1. The van der Waals surface area contributed by atoms with Crippen LogP contribution < -0.4 is 0 Å². The molecule has 0 amide bonds. The van der Waals surface area contributed by atoms with Gasteiger partial charge in [-0.15, -0.1) is 10.2 Å². The molecule has 16 heavy (non-hydrogen) atoms. The van der Waals surface area contributed by atoms with Gasteiger partial charge in [-0.05, 0) is 15.9 Å². The summed E-state index contributed by atoms with van der Waals surface area (Å²) in [6.45, 7) is 7.19. The van der Waals surface area contributed by atoms with Crippen molar-refractivity contribution in [2.75, 3.05) is 0 Å². The molecular weight excluding hydrogens is 288 g/mol. The zero-order chi connectivity index (χ0) is 11.8. The Morgan fingerprint density at radius 1 is 1.38 bits per heavy atom. The predicted molar refractivity (Wildman–Crippen MR) is 67.6 cm³/mol. The van der Waals surface area contributed by atoms with Gasteiger partial charge in [-0.2, -0.15) is 0 Å². The van der Waals surface area contributed by atoms with Crippen LogP contribution >= 0.6 is 27.3 Å². The van der Waals surface area contributed by atoms with E-state index in [-0.39, 0.29) is 5.41 Å². The molecule has 0 atom stereocenters. The minimum Gasteiger partial charge on any atom is -0.330 e. The van der Waals surface area contributed by atoms with Crippen LogP contribution in [0.2, 0.25) is 0 Å². The van der Waals surface area contributed by atoms with Crippen LogP contribution in [-0.4, -0.2) is 19.7 Å². The maximum atomic E-state index is 4.40. The molecule has 2 aromatic heterocycles. The molecule has 0 aromatic carbocycles. The number of aromatic nitrogens is 4. The lowest BCUT2D eigenvalue weighted by Gasteiger charge is -2.14. The maximum Gasteiger partial charge on any atom is 0.183 e.